The number of aliphatic hydroxyl groups excluding tert-OH is 1. The number of aliphatic hydroxyl groups is 1. The first-order chi connectivity index (χ1) is 9.07. The Hall–Kier alpha value is -1.81. The number of hydrogen-bond donors (Lipinski definition) is 2. The molecule has 0 spiro atoms. The highest BCUT2D eigenvalue weighted by Crippen LogP contribution is 2.30. The number of hydrogen-bond acceptors (Lipinski definition) is 4. The monoisotopic (exact) mass is 260 g/mol. The maximum atomic E-state index is 9.09. The third kappa shape index (κ3) is 2.96. The second-order valence-electron chi connectivity index (χ2n) is 5.20. The molecule has 0 fully saturated rings. The Morgan fingerprint density at radius 1 is 1.26 bits per heavy atom. The van der Waals surface area contributed by atoms with Crippen LogP contribution in [0.4, 0.5) is 5.82 Å². The van der Waals surface area contributed by atoms with Gasteiger partial charge in [-0.15, -0.1) is 0 Å². The topological polar surface area (TPSA) is 54.4 Å². The van der Waals surface area contributed by atoms with Crippen LogP contribution in [0.1, 0.15) is 20.3 Å². The van der Waals surface area contributed by atoms with Gasteiger partial charge in [-0.2, -0.15) is 0 Å². The smallest absolute Gasteiger partial charge is 0.134 e. The molecule has 2 N–H and O–H groups in total. The molecule has 0 aliphatic rings. The molecule has 1 aromatic carbocycles. The molecule has 0 unspecified atom stereocenters. The van der Waals surface area contributed by atoms with Gasteiger partial charge in [0.25, 0.3) is 0 Å². The zero-order valence-corrected chi connectivity index (χ0v) is 11.6. The number of benzene rings is 1. The van der Waals surface area contributed by atoms with E-state index in [1.165, 1.54) is 0 Å². The zero-order valence-electron chi connectivity index (χ0n) is 11.6. The van der Waals surface area contributed by atoms with Gasteiger partial charge in [-0.1, -0.05) is 12.1 Å². The molecule has 4 nitrogen and oxygen atoms in total. The van der Waals surface area contributed by atoms with E-state index >= 15 is 0 Å². The number of nitrogens with zero attached hydrogens (tertiary/aromatic N) is 1. The molecule has 0 bridgehead atoms. The fraction of sp³-hybridized carbons (Fsp3) is 0.400. The van der Waals surface area contributed by atoms with Crippen LogP contribution < -0.4 is 10.1 Å². The molecule has 0 saturated carbocycles. The van der Waals surface area contributed by atoms with Crippen molar-refractivity contribution in [2.45, 2.75) is 25.8 Å². The molecular weight excluding hydrogens is 240 g/mol. The molecular formula is C15H20N2O2. The summed E-state index contributed by atoms with van der Waals surface area (Å²) in [5.41, 5.74) is -0.209. The van der Waals surface area contributed by atoms with E-state index in [1.807, 2.05) is 38.1 Å². The van der Waals surface area contributed by atoms with Crippen molar-refractivity contribution in [3.63, 3.8) is 0 Å². The largest absolute Gasteiger partial charge is 0.496 e. The van der Waals surface area contributed by atoms with Gasteiger partial charge < -0.3 is 15.2 Å². The van der Waals surface area contributed by atoms with E-state index in [0.29, 0.717) is 6.42 Å². The molecule has 0 amide bonds. The summed E-state index contributed by atoms with van der Waals surface area (Å²) in [6, 6.07) is 7.85. The molecule has 1 aromatic heterocycles. The van der Waals surface area contributed by atoms with Gasteiger partial charge >= 0.3 is 0 Å². The summed E-state index contributed by atoms with van der Waals surface area (Å²) in [6.07, 6.45) is 2.43. The number of fused-ring (bicyclic) bond motifs is 1. The van der Waals surface area contributed by atoms with Crippen LogP contribution in [0.3, 0.4) is 0 Å². The number of nitrogens with one attached hydrogen (secondary N) is 1. The minimum atomic E-state index is -0.209. The van der Waals surface area contributed by atoms with Crippen molar-refractivity contribution >= 4 is 16.6 Å². The zero-order chi connectivity index (χ0) is 13.9. The van der Waals surface area contributed by atoms with E-state index in [2.05, 4.69) is 10.3 Å². The first-order valence-electron chi connectivity index (χ1n) is 6.38. The number of rotatable bonds is 5. The van der Waals surface area contributed by atoms with Crippen LogP contribution in [0.2, 0.25) is 0 Å². The normalized spacial score (nSPS) is 11.6. The summed E-state index contributed by atoms with van der Waals surface area (Å²) in [4.78, 5) is 4.40. The molecule has 2 rings (SSSR count). The Morgan fingerprint density at radius 2 is 2.05 bits per heavy atom. The van der Waals surface area contributed by atoms with Gasteiger partial charge in [0.15, 0.2) is 0 Å². The Morgan fingerprint density at radius 3 is 2.74 bits per heavy atom. The summed E-state index contributed by atoms with van der Waals surface area (Å²) >= 11 is 0. The molecule has 19 heavy (non-hydrogen) atoms. The molecule has 0 aliphatic carbocycles. The first kappa shape index (κ1) is 13.6. The lowest BCUT2D eigenvalue weighted by molar-refractivity contribution is 0.260. The lowest BCUT2D eigenvalue weighted by atomic mass is 10.0. The van der Waals surface area contributed by atoms with Gasteiger partial charge in [-0.25, -0.2) is 4.98 Å². The summed E-state index contributed by atoms with van der Waals surface area (Å²) in [6.45, 7) is 4.24. The van der Waals surface area contributed by atoms with Crippen LogP contribution in [-0.4, -0.2) is 29.3 Å². The number of ether oxygens (including phenoxy) is 1. The standard InChI is InChI=1S/C15H20N2O2/c1-15(2,8-10-18)17-14-12-5-4-6-13(19-3)11(12)7-9-16-14/h4-7,9,18H,8,10H2,1-3H3,(H,16,17). The summed E-state index contributed by atoms with van der Waals surface area (Å²) in [5, 5.41) is 14.5. The van der Waals surface area contributed by atoms with Crippen LogP contribution in [0.15, 0.2) is 30.5 Å². The molecule has 102 valence electrons. The third-order valence-corrected chi connectivity index (χ3v) is 3.18. The molecule has 1 heterocycles. The van der Waals surface area contributed by atoms with E-state index in [4.69, 9.17) is 9.84 Å². The average molecular weight is 260 g/mol. The van der Waals surface area contributed by atoms with Gasteiger partial charge in [-0.3, -0.25) is 0 Å². The van der Waals surface area contributed by atoms with Crippen molar-refractivity contribution in [3.05, 3.63) is 30.5 Å². The second-order valence-corrected chi connectivity index (χ2v) is 5.20. The van der Waals surface area contributed by atoms with Crippen LogP contribution >= 0.6 is 0 Å². The Kier molecular flexibility index (Phi) is 3.90. The fourth-order valence-electron chi connectivity index (χ4n) is 2.12. The summed E-state index contributed by atoms with van der Waals surface area (Å²) in [7, 11) is 1.66. The van der Waals surface area contributed by atoms with Crippen molar-refractivity contribution in [2.24, 2.45) is 0 Å². The summed E-state index contributed by atoms with van der Waals surface area (Å²) < 4.78 is 5.36. The molecule has 4 heteroatoms. The van der Waals surface area contributed by atoms with E-state index < -0.39 is 0 Å². The Bertz CT molecular complexity index is 567. The highest BCUT2D eigenvalue weighted by Gasteiger charge is 2.18. The number of methoxy groups -OCH3 is 1. The minimum absolute atomic E-state index is 0.147. The third-order valence-electron chi connectivity index (χ3n) is 3.18. The van der Waals surface area contributed by atoms with Crippen molar-refractivity contribution in [2.75, 3.05) is 19.0 Å². The van der Waals surface area contributed by atoms with Crippen LogP contribution in [0.25, 0.3) is 10.8 Å². The minimum Gasteiger partial charge on any atom is -0.496 e. The van der Waals surface area contributed by atoms with E-state index in [9.17, 15) is 0 Å². The van der Waals surface area contributed by atoms with Gasteiger partial charge in [0, 0.05) is 29.1 Å². The highest BCUT2D eigenvalue weighted by molar-refractivity contribution is 5.96. The fourth-order valence-corrected chi connectivity index (χ4v) is 2.12. The van der Waals surface area contributed by atoms with Crippen LogP contribution in [0.5, 0.6) is 5.75 Å². The average Bonchev–Trinajstić information content (AvgIpc) is 2.38. The number of pyridine rings is 1. The maximum absolute atomic E-state index is 9.09. The molecule has 0 radical (unpaired) electrons. The van der Waals surface area contributed by atoms with E-state index in [-0.39, 0.29) is 12.1 Å². The number of aromatic nitrogens is 1. The molecule has 0 atom stereocenters. The highest BCUT2D eigenvalue weighted by atomic mass is 16.5. The van der Waals surface area contributed by atoms with Crippen molar-refractivity contribution in [1.29, 1.82) is 0 Å². The SMILES string of the molecule is COc1cccc2c(NC(C)(C)CCO)nccc12. The Labute approximate surface area is 113 Å². The second kappa shape index (κ2) is 5.45. The van der Waals surface area contributed by atoms with Crippen molar-refractivity contribution in [3.8, 4) is 5.75 Å². The summed E-state index contributed by atoms with van der Waals surface area (Å²) in [5.74, 6) is 1.65. The predicted molar refractivity (Wildman–Crippen MR) is 77.7 cm³/mol. The van der Waals surface area contributed by atoms with Gasteiger partial charge in [-0.05, 0) is 32.4 Å². The van der Waals surface area contributed by atoms with Gasteiger partial charge in [0.1, 0.15) is 11.6 Å². The van der Waals surface area contributed by atoms with E-state index in [1.54, 1.807) is 13.3 Å². The van der Waals surface area contributed by atoms with Crippen molar-refractivity contribution in [1.82, 2.24) is 4.98 Å². The maximum Gasteiger partial charge on any atom is 0.134 e. The molecule has 0 aliphatic heterocycles. The lowest BCUT2D eigenvalue weighted by Gasteiger charge is -2.26. The quantitative estimate of drug-likeness (QED) is 0.868. The van der Waals surface area contributed by atoms with Crippen molar-refractivity contribution < 1.29 is 9.84 Å². The molecule has 0 saturated heterocycles. The molecule has 2 aromatic rings. The number of anilines is 1. The lowest BCUT2D eigenvalue weighted by Crippen LogP contribution is -2.32. The van der Waals surface area contributed by atoms with Crippen LogP contribution in [-0.2, 0) is 0 Å². The van der Waals surface area contributed by atoms with Gasteiger partial charge in [0.2, 0.25) is 0 Å². The Balaban J connectivity index is 2.44. The van der Waals surface area contributed by atoms with E-state index in [0.717, 1.165) is 22.3 Å². The van der Waals surface area contributed by atoms with Crippen LogP contribution in [0, 0.1) is 0 Å². The predicted octanol–water partition coefficient (Wildman–Crippen LogP) is 2.82. The first-order valence-corrected chi connectivity index (χ1v) is 6.38. The van der Waals surface area contributed by atoms with Gasteiger partial charge in [0.05, 0.1) is 7.11 Å².